The van der Waals surface area contributed by atoms with Gasteiger partial charge in [-0.3, -0.25) is 4.98 Å². The third-order valence-electron chi connectivity index (χ3n) is 4.08. The topological polar surface area (TPSA) is 130 Å². The molecule has 3 heterocycles. The molecule has 0 saturated heterocycles. The van der Waals surface area contributed by atoms with E-state index in [4.69, 9.17) is 15.6 Å². The molecule has 4 aromatic rings. The first-order valence-corrected chi connectivity index (χ1v) is 8.06. The summed E-state index contributed by atoms with van der Waals surface area (Å²) in [5, 5.41) is 11.4. The van der Waals surface area contributed by atoms with Gasteiger partial charge in [0.2, 0.25) is 5.95 Å². The van der Waals surface area contributed by atoms with Crippen LogP contribution in [0.25, 0.3) is 10.9 Å². The van der Waals surface area contributed by atoms with E-state index in [-0.39, 0.29) is 0 Å². The summed E-state index contributed by atoms with van der Waals surface area (Å²) in [6.45, 7) is 0. The second-order valence-corrected chi connectivity index (χ2v) is 5.78. The van der Waals surface area contributed by atoms with E-state index in [2.05, 4.69) is 25.3 Å². The molecule has 0 bridgehead atoms. The van der Waals surface area contributed by atoms with Crippen LogP contribution < -0.4 is 16.0 Å². The van der Waals surface area contributed by atoms with Crippen molar-refractivity contribution >= 4 is 46.1 Å². The van der Waals surface area contributed by atoms with Gasteiger partial charge in [-0.25, -0.2) is 4.98 Å². The lowest BCUT2D eigenvalue weighted by Gasteiger charge is -2.19. The maximum absolute atomic E-state index is 7.49. The number of nitrogen functional groups attached to an aromatic ring is 1. The SMILES string of the molecule is CN(c1ccc(N)c(C=N)c1)c1nc(Nc2cocn2)c2ccncc2n1. The van der Waals surface area contributed by atoms with E-state index >= 15 is 0 Å². The highest BCUT2D eigenvalue weighted by molar-refractivity contribution is 5.91. The number of nitrogens with one attached hydrogen (secondary N) is 2. The Labute approximate surface area is 154 Å². The summed E-state index contributed by atoms with van der Waals surface area (Å²) in [4.78, 5) is 19.3. The number of oxazole rings is 1. The van der Waals surface area contributed by atoms with Crippen LogP contribution >= 0.6 is 0 Å². The van der Waals surface area contributed by atoms with Crippen LogP contribution in [0, 0.1) is 5.41 Å². The Bertz CT molecular complexity index is 1110. The van der Waals surface area contributed by atoms with Crippen molar-refractivity contribution in [1.29, 1.82) is 5.41 Å². The minimum atomic E-state index is 0.460. The zero-order chi connectivity index (χ0) is 18.8. The van der Waals surface area contributed by atoms with Gasteiger partial charge in [-0.05, 0) is 24.3 Å². The van der Waals surface area contributed by atoms with Gasteiger partial charge in [-0.2, -0.15) is 9.97 Å². The van der Waals surface area contributed by atoms with Crippen LogP contribution in [0.5, 0.6) is 0 Å². The molecule has 3 aromatic heterocycles. The molecule has 1 aromatic carbocycles. The lowest BCUT2D eigenvalue weighted by atomic mass is 10.1. The van der Waals surface area contributed by atoms with Crippen LogP contribution in [0.1, 0.15) is 5.56 Å². The Morgan fingerprint density at radius 3 is 2.93 bits per heavy atom. The summed E-state index contributed by atoms with van der Waals surface area (Å²) in [7, 11) is 1.84. The standard InChI is InChI=1S/C18H16N8O/c1-26(12-2-3-14(20)11(6-12)7-19)18-23-15-8-21-5-4-13(15)17(25-18)24-16-9-27-10-22-16/h2-10,19H,20H2,1H3,(H,23,24,25). The minimum absolute atomic E-state index is 0.460. The van der Waals surface area contributed by atoms with Crippen molar-refractivity contribution in [3.8, 4) is 0 Å². The van der Waals surface area contributed by atoms with Gasteiger partial charge in [0.1, 0.15) is 12.1 Å². The van der Waals surface area contributed by atoms with Gasteiger partial charge in [-0.15, -0.1) is 0 Å². The van der Waals surface area contributed by atoms with E-state index in [1.807, 2.05) is 30.1 Å². The predicted octanol–water partition coefficient (Wildman–Crippen LogP) is 3.10. The Kier molecular flexibility index (Phi) is 4.09. The number of nitrogens with two attached hydrogens (primary N) is 1. The lowest BCUT2D eigenvalue weighted by molar-refractivity contribution is 0.558. The Balaban J connectivity index is 1.80. The fourth-order valence-corrected chi connectivity index (χ4v) is 2.62. The molecule has 0 aliphatic rings. The molecule has 0 aliphatic carbocycles. The van der Waals surface area contributed by atoms with Crippen LogP contribution in [0.3, 0.4) is 0 Å². The first kappa shape index (κ1) is 16.5. The smallest absolute Gasteiger partial charge is 0.232 e. The normalized spacial score (nSPS) is 10.7. The van der Waals surface area contributed by atoms with Crippen molar-refractivity contribution in [3.63, 3.8) is 0 Å². The van der Waals surface area contributed by atoms with Crippen molar-refractivity contribution in [1.82, 2.24) is 19.9 Å². The highest BCUT2D eigenvalue weighted by Gasteiger charge is 2.14. The Morgan fingerprint density at radius 1 is 1.26 bits per heavy atom. The van der Waals surface area contributed by atoms with Crippen LogP contribution in [0.2, 0.25) is 0 Å². The molecular weight excluding hydrogens is 344 g/mol. The first-order chi connectivity index (χ1) is 13.2. The average molecular weight is 360 g/mol. The molecule has 134 valence electrons. The van der Waals surface area contributed by atoms with Gasteiger partial charge < -0.3 is 25.8 Å². The predicted molar refractivity (Wildman–Crippen MR) is 104 cm³/mol. The largest absolute Gasteiger partial charge is 0.449 e. The number of hydrogen-bond donors (Lipinski definition) is 3. The number of nitrogens with zero attached hydrogens (tertiary/aromatic N) is 5. The summed E-state index contributed by atoms with van der Waals surface area (Å²) in [5.74, 6) is 1.59. The number of anilines is 5. The second-order valence-electron chi connectivity index (χ2n) is 5.78. The molecule has 4 rings (SSSR count). The monoisotopic (exact) mass is 360 g/mol. The van der Waals surface area contributed by atoms with E-state index in [1.165, 1.54) is 18.9 Å². The van der Waals surface area contributed by atoms with Crippen molar-refractivity contribution in [2.75, 3.05) is 23.0 Å². The van der Waals surface area contributed by atoms with Crippen LogP contribution in [-0.4, -0.2) is 33.2 Å². The van der Waals surface area contributed by atoms with Crippen LogP contribution in [0.15, 0.2) is 53.7 Å². The van der Waals surface area contributed by atoms with Crippen LogP contribution in [-0.2, 0) is 0 Å². The van der Waals surface area contributed by atoms with E-state index in [9.17, 15) is 0 Å². The third-order valence-corrected chi connectivity index (χ3v) is 4.08. The van der Waals surface area contributed by atoms with Crippen molar-refractivity contribution < 1.29 is 4.42 Å². The number of rotatable bonds is 5. The first-order valence-electron chi connectivity index (χ1n) is 8.06. The van der Waals surface area contributed by atoms with E-state index in [1.54, 1.807) is 18.5 Å². The average Bonchev–Trinajstić information content (AvgIpc) is 3.21. The summed E-state index contributed by atoms with van der Waals surface area (Å²) in [5.41, 5.74) is 8.53. The molecule has 0 saturated carbocycles. The number of hydrogen-bond acceptors (Lipinski definition) is 9. The number of fused-ring (bicyclic) bond motifs is 1. The molecule has 0 aliphatic heterocycles. The van der Waals surface area contributed by atoms with E-state index in [0.29, 0.717) is 34.4 Å². The highest BCUT2D eigenvalue weighted by Crippen LogP contribution is 2.29. The fourth-order valence-electron chi connectivity index (χ4n) is 2.62. The quantitative estimate of drug-likeness (QED) is 0.365. The molecular formula is C18H16N8O. The molecule has 0 spiro atoms. The van der Waals surface area contributed by atoms with Crippen molar-refractivity contribution in [2.45, 2.75) is 0 Å². The summed E-state index contributed by atoms with van der Waals surface area (Å²) in [6, 6.07) is 7.25. The molecule has 0 amide bonds. The zero-order valence-corrected chi connectivity index (χ0v) is 14.4. The maximum atomic E-state index is 7.49. The third kappa shape index (κ3) is 3.13. The molecule has 0 unspecified atom stereocenters. The van der Waals surface area contributed by atoms with Gasteiger partial charge >= 0.3 is 0 Å². The van der Waals surface area contributed by atoms with Gasteiger partial charge in [0.15, 0.2) is 12.2 Å². The van der Waals surface area contributed by atoms with Gasteiger partial charge in [0.05, 0.1) is 11.7 Å². The molecule has 0 atom stereocenters. The van der Waals surface area contributed by atoms with Gasteiger partial charge in [-0.1, -0.05) is 0 Å². The zero-order valence-electron chi connectivity index (χ0n) is 14.4. The maximum Gasteiger partial charge on any atom is 0.232 e. The lowest BCUT2D eigenvalue weighted by Crippen LogP contribution is -2.15. The molecule has 0 fully saturated rings. The molecule has 9 nitrogen and oxygen atoms in total. The number of pyridine rings is 1. The molecule has 9 heteroatoms. The van der Waals surface area contributed by atoms with E-state index in [0.717, 1.165) is 11.1 Å². The van der Waals surface area contributed by atoms with Crippen LogP contribution in [0.4, 0.5) is 29.0 Å². The second kappa shape index (κ2) is 6.71. The van der Waals surface area contributed by atoms with Gasteiger partial charge in [0.25, 0.3) is 0 Å². The van der Waals surface area contributed by atoms with E-state index < -0.39 is 0 Å². The summed E-state index contributed by atoms with van der Waals surface area (Å²) >= 11 is 0. The summed E-state index contributed by atoms with van der Waals surface area (Å²) in [6.07, 6.45) is 7.41. The summed E-state index contributed by atoms with van der Waals surface area (Å²) < 4.78 is 5.01. The van der Waals surface area contributed by atoms with Crippen molar-refractivity contribution in [2.24, 2.45) is 0 Å². The molecule has 4 N–H and O–H groups in total. The molecule has 27 heavy (non-hydrogen) atoms. The number of aromatic nitrogens is 4. The van der Waals surface area contributed by atoms with Crippen molar-refractivity contribution in [3.05, 3.63) is 54.9 Å². The number of benzene rings is 1. The minimum Gasteiger partial charge on any atom is -0.449 e. The van der Waals surface area contributed by atoms with Gasteiger partial charge in [0, 0.05) is 41.8 Å². The Hall–Kier alpha value is -4.01. The fraction of sp³-hybridized carbons (Fsp3) is 0.0556. The molecule has 0 radical (unpaired) electrons. The highest BCUT2D eigenvalue weighted by atomic mass is 16.3. The Morgan fingerprint density at radius 2 is 2.15 bits per heavy atom.